The number of aliphatic hydroxyl groups excluding tert-OH is 1. The van der Waals surface area contributed by atoms with Crippen LogP contribution < -0.4 is 4.72 Å². The summed E-state index contributed by atoms with van der Waals surface area (Å²) in [4.78, 5) is 2.56. The van der Waals surface area contributed by atoms with Crippen molar-refractivity contribution in [3.8, 4) is 0 Å². The largest absolute Gasteiger partial charge is 0.392 e. The zero-order valence-electron chi connectivity index (χ0n) is 27.4. The van der Waals surface area contributed by atoms with E-state index in [1.54, 1.807) is 30.3 Å². The molecule has 1 fully saturated rings. The molecule has 8 heteroatoms. The van der Waals surface area contributed by atoms with Gasteiger partial charge in [0, 0.05) is 31.6 Å². The van der Waals surface area contributed by atoms with Crippen molar-refractivity contribution in [3.63, 3.8) is 0 Å². The average Bonchev–Trinajstić information content (AvgIpc) is 3.14. The number of aliphatic hydroxyl groups is 1. The zero-order chi connectivity index (χ0) is 33.8. The standard InChI is InChI=1S/C41H40N2O5S/c1-43(27-39-37-13-7-5-9-33(37)23-34-10-6-8-14-38(34)39)26-35-24-40(31-19-17-30(28-44)18-20-31)48-41(47-35)32-21-15-29(16-22-32)25-42-49(45,46)36-11-3-2-4-12-36/h2-23,35,40-42,44H,24-28H2,1H3. The van der Waals surface area contributed by atoms with E-state index in [1.807, 2.05) is 48.5 Å². The van der Waals surface area contributed by atoms with Crippen LogP contribution in [0.4, 0.5) is 0 Å². The number of sulfonamides is 1. The summed E-state index contributed by atoms with van der Waals surface area (Å²) in [5.41, 5.74) is 4.87. The molecule has 0 aliphatic carbocycles. The second-order valence-corrected chi connectivity index (χ2v) is 14.5. The van der Waals surface area contributed by atoms with Crippen molar-refractivity contribution in [2.45, 2.75) is 49.5 Å². The Hall–Kier alpha value is -4.41. The summed E-state index contributed by atoms with van der Waals surface area (Å²) in [6, 6.07) is 43.3. The SMILES string of the molecule is CN(Cc1c2ccccc2cc2ccccc12)CC1CC(c2ccc(CO)cc2)OC(c2ccc(CNS(=O)(=O)c3ccccc3)cc2)O1. The summed E-state index contributed by atoms with van der Waals surface area (Å²) >= 11 is 0. The molecule has 3 atom stereocenters. The number of fused-ring (bicyclic) bond motifs is 2. The lowest BCUT2D eigenvalue weighted by Gasteiger charge is -2.38. The van der Waals surface area contributed by atoms with Crippen LogP contribution >= 0.6 is 0 Å². The third kappa shape index (κ3) is 7.60. The number of benzene rings is 6. The number of ether oxygens (including phenoxy) is 2. The van der Waals surface area contributed by atoms with Crippen LogP contribution in [0.25, 0.3) is 21.5 Å². The summed E-state index contributed by atoms with van der Waals surface area (Å²) in [6.07, 6.45) is -0.261. The van der Waals surface area contributed by atoms with Gasteiger partial charge in [-0.15, -0.1) is 0 Å². The quantitative estimate of drug-likeness (QED) is 0.138. The first kappa shape index (κ1) is 33.1. The van der Waals surface area contributed by atoms with Gasteiger partial charge in [0.15, 0.2) is 6.29 Å². The van der Waals surface area contributed by atoms with E-state index in [0.29, 0.717) is 13.0 Å². The van der Waals surface area contributed by atoms with Crippen LogP contribution in [0.15, 0.2) is 138 Å². The third-order valence-electron chi connectivity index (χ3n) is 9.21. The number of rotatable bonds is 11. The second-order valence-electron chi connectivity index (χ2n) is 12.7. The fourth-order valence-electron chi connectivity index (χ4n) is 6.65. The molecule has 7 rings (SSSR count). The highest BCUT2D eigenvalue weighted by molar-refractivity contribution is 7.89. The van der Waals surface area contributed by atoms with E-state index < -0.39 is 16.3 Å². The molecule has 1 aliphatic heterocycles. The minimum absolute atomic E-state index is 0.0122. The normalized spacial score (nSPS) is 18.3. The minimum Gasteiger partial charge on any atom is -0.392 e. The topological polar surface area (TPSA) is 88.1 Å². The smallest absolute Gasteiger partial charge is 0.240 e. The predicted molar refractivity (Wildman–Crippen MR) is 193 cm³/mol. The molecule has 0 amide bonds. The van der Waals surface area contributed by atoms with E-state index in [4.69, 9.17) is 9.47 Å². The summed E-state index contributed by atoms with van der Waals surface area (Å²) < 4.78 is 41.4. The monoisotopic (exact) mass is 672 g/mol. The van der Waals surface area contributed by atoms with Crippen molar-refractivity contribution in [3.05, 3.63) is 161 Å². The summed E-state index contributed by atoms with van der Waals surface area (Å²) in [7, 11) is -1.48. The maximum absolute atomic E-state index is 12.7. The van der Waals surface area contributed by atoms with Crippen molar-refractivity contribution >= 4 is 31.6 Å². The number of nitrogens with zero attached hydrogens (tertiary/aromatic N) is 1. The van der Waals surface area contributed by atoms with Gasteiger partial charge in [-0.2, -0.15) is 0 Å². The highest BCUT2D eigenvalue weighted by atomic mass is 32.2. The predicted octanol–water partition coefficient (Wildman–Crippen LogP) is 7.64. The van der Waals surface area contributed by atoms with Gasteiger partial charge in [0.1, 0.15) is 0 Å². The van der Waals surface area contributed by atoms with E-state index in [2.05, 4.69) is 71.3 Å². The fraction of sp³-hybridized carbons (Fsp3) is 0.220. The van der Waals surface area contributed by atoms with E-state index in [1.165, 1.54) is 27.1 Å². The van der Waals surface area contributed by atoms with E-state index >= 15 is 0 Å². The fourth-order valence-corrected chi connectivity index (χ4v) is 7.69. The molecule has 0 saturated carbocycles. The molecule has 250 valence electrons. The molecular weight excluding hydrogens is 633 g/mol. The molecule has 2 N–H and O–H groups in total. The van der Waals surface area contributed by atoms with Gasteiger partial charge in [0.05, 0.1) is 23.7 Å². The highest BCUT2D eigenvalue weighted by Gasteiger charge is 2.33. The summed E-state index contributed by atoms with van der Waals surface area (Å²) in [6.45, 7) is 1.61. The van der Waals surface area contributed by atoms with Crippen LogP contribution in [0.1, 0.15) is 46.6 Å². The molecule has 1 saturated heterocycles. The van der Waals surface area contributed by atoms with Gasteiger partial charge >= 0.3 is 0 Å². The molecule has 1 aliphatic rings. The Labute approximate surface area is 287 Å². The summed E-state index contributed by atoms with van der Waals surface area (Å²) in [5, 5.41) is 14.6. The van der Waals surface area contributed by atoms with Crippen molar-refractivity contribution < 1.29 is 23.0 Å². The molecule has 1 heterocycles. The lowest BCUT2D eigenvalue weighted by atomic mass is 9.96. The van der Waals surface area contributed by atoms with Crippen LogP contribution in [0, 0.1) is 0 Å². The van der Waals surface area contributed by atoms with Crippen LogP contribution in [0.2, 0.25) is 0 Å². The van der Waals surface area contributed by atoms with Gasteiger partial charge < -0.3 is 14.6 Å². The Morgan fingerprint density at radius 3 is 1.98 bits per heavy atom. The molecule has 49 heavy (non-hydrogen) atoms. The second kappa shape index (κ2) is 14.6. The Kier molecular flexibility index (Phi) is 9.86. The Balaban J connectivity index is 1.10. The molecule has 7 nitrogen and oxygen atoms in total. The molecule has 0 aromatic heterocycles. The first-order valence-electron chi connectivity index (χ1n) is 16.6. The van der Waals surface area contributed by atoms with Gasteiger partial charge in [0.2, 0.25) is 10.0 Å². The molecule has 0 bridgehead atoms. The molecule has 6 aromatic carbocycles. The van der Waals surface area contributed by atoms with Gasteiger partial charge in [-0.25, -0.2) is 13.1 Å². The summed E-state index contributed by atoms with van der Waals surface area (Å²) in [5.74, 6) is 0. The van der Waals surface area contributed by atoms with Gasteiger partial charge in [-0.3, -0.25) is 4.90 Å². The van der Waals surface area contributed by atoms with Crippen LogP contribution in [-0.2, 0) is 39.2 Å². The van der Waals surface area contributed by atoms with Crippen LogP contribution in [-0.4, -0.2) is 38.1 Å². The molecule has 6 aromatic rings. The lowest BCUT2D eigenvalue weighted by Crippen LogP contribution is -2.37. The van der Waals surface area contributed by atoms with Crippen molar-refractivity contribution in [2.24, 2.45) is 0 Å². The molecule has 0 radical (unpaired) electrons. The van der Waals surface area contributed by atoms with Crippen LogP contribution in [0.3, 0.4) is 0 Å². The Morgan fingerprint density at radius 2 is 1.33 bits per heavy atom. The van der Waals surface area contributed by atoms with E-state index in [-0.39, 0.29) is 30.3 Å². The number of hydrogen-bond acceptors (Lipinski definition) is 6. The lowest BCUT2D eigenvalue weighted by molar-refractivity contribution is -0.252. The number of likely N-dealkylation sites (N-methyl/N-ethyl adjacent to an activating group) is 1. The van der Waals surface area contributed by atoms with Crippen molar-refractivity contribution in [2.75, 3.05) is 13.6 Å². The molecular formula is C41H40N2O5S. The third-order valence-corrected chi connectivity index (χ3v) is 10.6. The first-order chi connectivity index (χ1) is 23.9. The minimum atomic E-state index is -3.62. The van der Waals surface area contributed by atoms with Gasteiger partial charge in [-0.1, -0.05) is 115 Å². The maximum atomic E-state index is 12.7. The zero-order valence-corrected chi connectivity index (χ0v) is 28.2. The molecule has 3 unspecified atom stereocenters. The van der Waals surface area contributed by atoms with E-state index in [9.17, 15) is 13.5 Å². The Bertz CT molecular complexity index is 2080. The van der Waals surface area contributed by atoms with Crippen molar-refractivity contribution in [1.82, 2.24) is 9.62 Å². The van der Waals surface area contributed by atoms with Crippen LogP contribution in [0.5, 0.6) is 0 Å². The average molecular weight is 673 g/mol. The maximum Gasteiger partial charge on any atom is 0.240 e. The van der Waals surface area contributed by atoms with E-state index in [0.717, 1.165) is 28.8 Å². The molecule has 0 spiro atoms. The van der Waals surface area contributed by atoms with Gasteiger partial charge in [0.25, 0.3) is 0 Å². The van der Waals surface area contributed by atoms with Crippen molar-refractivity contribution in [1.29, 1.82) is 0 Å². The first-order valence-corrected chi connectivity index (χ1v) is 18.1. The highest BCUT2D eigenvalue weighted by Crippen LogP contribution is 2.38. The van der Waals surface area contributed by atoms with Gasteiger partial charge in [-0.05, 0) is 69.0 Å². The number of nitrogens with one attached hydrogen (secondary N) is 1. The Morgan fingerprint density at radius 1 is 0.735 bits per heavy atom. The number of hydrogen-bond donors (Lipinski definition) is 2.